The number of piperidine rings is 1. The monoisotopic (exact) mass is 476 g/mol. The zero-order chi connectivity index (χ0) is 21.1. The third-order valence-electron chi connectivity index (χ3n) is 4.46. The van der Waals surface area contributed by atoms with Crippen molar-refractivity contribution in [3.63, 3.8) is 0 Å². The molecule has 1 saturated heterocycles. The van der Waals surface area contributed by atoms with Crippen LogP contribution in [-0.4, -0.2) is 63.1 Å². The molecule has 1 atom stereocenters. The summed E-state index contributed by atoms with van der Waals surface area (Å²) in [6.07, 6.45) is 1.19. The molecule has 1 fully saturated rings. The van der Waals surface area contributed by atoms with Gasteiger partial charge in [-0.3, -0.25) is 0 Å². The summed E-state index contributed by atoms with van der Waals surface area (Å²) in [5.74, 6) is 0.357. The summed E-state index contributed by atoms with van der Waals surface area (Å²) in [5.41, 5.74) is -0.565. The summed E-state index contributed by atoms with van der Waals surface area (Å²) in [5, 5.41) is 0. The average Bonchev–Trinajstić information content (AvgIpc) is 2.60. The fourth-order valence-electron chi connectivity index (χ4n) is 3.19. The summed E-state index contributed by atoms with van der Waals surface area (Å²) in [6.45, 7) is 6.70. The molecule has 0 spiro atoms. The molecule has 1 aromatic rings. The quantitative estimate of drug-likeness (QED) is 0.646. The maximum Gasteiger partial charge on any atom is 0.410 e. The zero-order valence-corrected chi connectivity index (χ0v) is 19.5. The van der Waals surface area contributed by atoms with Crippen molar-refractivity contribution >= 4 is 32.0 Å². The first-order valence-electron chi connectivity index (χ1n) is 9.22. The standard InChI is InChI=1S/C19H29BrN2O5S/c1-19(2,3)27-18(23)21(4)12-14-7-6-10-22(13-14)28(24,25)17-11-15(20)8-9-16(17)26-5/h8-9,11,14H,6-7,10,12-13H2,1-5H3. The van der Waals surface area contributed by atoms with Gasteiger partial charge in [-0.05, 0) is 57.7 Å². The highest BCUT2D eigenvalue weighted by molar-refractivity contribution is 9.10. The summed E-state index contributed by atoms with van der Waals surface area (Å²) >= 11 is 3.33. The predicted octanol–water partition coefficient (Wildman–Crippen LogP) is 3.73. The number of hydrogen-bond donors (Lipinski definition) is 0. The minimum Gasteiger partial charge on any atom is -0.495 e. The van der Waals surface area contributed by atoms with Crippen LogP contribution in [0.5, 0.6) is 5.75 Å². The van der Waals surface area contributed by atoms with Crippen LogP contribution in [0.3, 0.4) is 0 Å². The summed E-state index contributed by atoms with van der Waals surface area (Å²) < 4.78 is 39.2. The van der Waals surface area contributed by atoms with Gasteiger partial charge in [-0.25, -0.2) is 13.2 Å². The van der Waals surface area contributed by atoms with E-state index in [1.54, 1.807) is 25.2 Å². The van der Waals surface area contributed by atoms with Gasteiger partial charge in [0.1, 0.15) is 16.2 Å². The number of sulfonamides is 1. The van der Waals surface area contributed by atoms with E-state index >= 15 is 0 Å². The number of amides is 1. The first-order chi connectivity index (χ1) is 12.9. The van der Waals surface area contributed by atoms with Gasteiger partial charge in [0, 0.05) is 31.2 Å². The number of carbonyl (C=O) groups excluding carboxylic acids is 1. The highest BCUT2D eigenvalue weighted by Crippen LogP contribution is 2.32. The summed E-state index contributed by atoms with van der Waals surface area (Å²) in [7, 11) is -0.567. The number of rotatable bonds is 5. The van der Waals surface area contributed by atoms with Crippen molar-refractivity contribution in [2.75, 3.05) is 33.8 Å². The second-order valence-corrected chi connectivity index (χ2v) is 10.8. The second-order valence-electron chi connectivity index (χ2n) is 8.03. The molecule has 7 nitrogen and oxygen atoms in total. The Labute approximate surface area is 176 Å². The Bertz CT molecular complexity index is 807. The maximum absolute atomic E-state index is 13.2. The smallest absolute Gasteiger partial charge is 0.410 e. The van der Waals surface area contributed by atoms with E-state index in [-0.39, 0.29) is 10.8 Å². The SMILES string of the molecule is COc1ccc(Br)cc1S(=O)(=O)N1CCCC(CN(C)C(=O)OC(C)(C)C)C1. The highest BCUT2D eigenvalue weighted by Gasteiger charge is 2.33. The lowest BCUT2D eigenvalue weighted by Gasteiger charge is -2.34. The molecular formula is C19H29BrN2O5S. The van der Waals surface area contributed by atoms with Crippen molar-refractivity contribution in [1.82, 2.24) is 9.21 Å². The van der Waals surface area contributed by atoms with Gasteiger partial charge in [0.15, 0.2) is 0 Å². The van der Waals surface area contributed by atoms with E-state index in [9.17, 15) is 13.2 Å². The Morgan fingerprint density at radius 1 is 1.36 bits per heavy atom. The summed E-state index contributed by atoms with van der Waals surface area (Å²) in [6, 6.07) is 4.94. The third kappa shape index (κ3) is 5.84. The van der Waals surface area contributed by atoms with Crippen molar-refractivity contribution in [3.05, 3.63) is 22.7 Å². The Balaban J connectivity index is 2.12. The molecule has 2 rings (SSSR count). The minimum absolute atomic E-state index is 0.0409. The van der Waals surface area contributed by atoms with Gasteiger partial charge in [-0.1, -0.05) is 15.9 Å². The maximum atomic E-state index is 13.2. The van der Waals surface area contributed by atoms with Gasteiger partial charge in [-0.15, -0.1) is 0 Å². The van der Waals surface area contributed by atoms with Crippen LogP contribution in [0.15, 0.2) is 27.6 Å². The van der Waals surface area contributed by atoms with E-state index in [0.29, 0.717) is 29.9 Å². The lowest BCUT2D eigenvalue weighted by Crippen LogP contribution is -2.45. The van der Waals surface area contributed by atoms with Crippen LogP contribution < -0.4 is 4.74 Å². The molecule has 28 heavy (non-hydrogen) atoms. The lowest BCUT2D eigenvalue weighted by atomic mass is 9.99. The van der Waals surface area contributed by atoms with Crippen molar-refractivity contribution in [1.29, 1.82) is 0 Å². The van der Waals surface area contributed by atoms with Crippen LogP contribution in [0.2, 0.25) is 0 Å². The number of halogens is 1. The van der Waals surface area contributed by atoms with E-state index in [0.717, 1.165) is 12.8 Å². The van der Waals surface area contributed by atoms with Crippen LogP contribution in [-0.2, 0) is 14.8 Å². The molecule has 9 heteroatoms. The van der Waals surface area contributed by atoms with Gasteiger partial charge in [0.2, 0.25) is 10.0 Å². The molecule has 1 aliphatic heterocycles. The minimum atomic E-state index is -3.70. The number of hydrogen-bond acceptors (Lipinski definition) is 5. The van der Waals surface area contributed by atoms with E-state index < -0.39 is 21.7 Å². The van der Waals surface area contributed by atoms with Crippen molar-refractivity contribution < 1.29 is 22.7 Å². The third-order valence-corrected chi connectivity index (χ3v) is 6.84. The number of nitrogens with zero attached hydrogens (tertiary/aromatic N) is 2. The fourth-order valence-corrected chi connectivity index (χ4v) is 5.44. The molecule has 1 unspecified atom stereocenters. The Kier molecular flexibility index (Phi) is 7.38. The molecule has 1 heterocycles. The number of methoxy groups -OCH3 is 1. The van der Waals surface area contributed by atoms with E-state index in [1.165, 1.54) is 16.3 Å². The normalized spacial score (nSPS) is 18.6. The lowest BCUT2D eigenvalue weighted by molar-refractivity contribution is 0.0258. The molecule has 0 aliphatic carbocycles. The van der Waals surface area contributed by atoms with E-state index in [4.69, 9.17) is 9.47 Å². The topological polar surface area (TPSA) is 76.2 Å². The number of benzene rings is 1. The van der Waals surface area contributed by atoms with E-state index in [1.807, 2.05) is 20.8 Å². The molecule has 0 radical (unpaired) electrons. The zero-order valence-electron chi connectivity index (χ0n) is 17.1. The largest absolute Gasteiger partial charge is 0.495 e. The number of carbonyl (C=O) groups is 1. The molecular weight excluding hydrogens is 448 g/mol. The Morgan fingerprint density at radius 2 is 2.04 bits per heavy atom. The fraction of sp³-hybridized carbons (Fsp3) is 0.632. The average molecular weight is 477 g/mol. The van der Waals surface area contributed by atoms with Gasteiger partial charge in [0.25, 0.3) is 0 Å². The van der Waals surface area contributed by atoms with Crippen LogP contribution in [0, 0.1) is 5.92 Å². The molecule has 1 aliphatic rings. The Morgan fingerprint density at radius 3 is 2.64 bits per heavy atom. The predicted molar refractivity (Wildman–Crippen MR) is 111 cm³/mol. The van der Waals surface area contributed by atoms with Crippen molar-refractivity contribution in [3.8, 4) is 5.75 Å². The van der Waals surface area contributed by atoms with Crippen LogP contribution in [0.4, 0.5) is 4.79 Å². The van der Waals surface area contributed by atoms with Crippen molar-refractivity contribution in [2.45, 2.75) is 44.1 Å². The first kappa shape index (κ1) is 23.0. The van der Waals surface area contributed by atoms with Gasteiger partial charge >= 0.3 is 6.09 Å². The van der Waals surface area contributed by atoms with Gasteiger partial charge < -0.3 is 14.4 Å². The molecule has 0 saturated carbocycles. The first-order valence-corrected chi connectivity index (χ1v) is 11.4. The van der Waals surface area contributed by atoms with E-state index in [2.05, 4.69) is 15.9 Å². The van der Waals surface area contributed by atoms with Crippen LogP contribution >= 0.6 is 15.9 Å². The Hall–Kier alpha value is -1.32. The molecule has 158 valence electrons. The molecule has 1 aromatic carbocycles. The highest BCUT2D eigenvalue weighted by atomic mass is 79.9. The van der Waals surface area contributed by atoms with Gasteiger partial charge in [-0.2, -0.15) is 4.31 Å². The van der Waals surface area contributed by atoms with Crippen molar-refractivity contribution in [2.24, 2.45) is 5.92 Å². The molecule has 1 amide bonds. The van der Waals surface area contributed by atoms with Gasteiger partial charge in [0.05, 0.1) is 7.11 Å². The van der Waals surface area contributed by atoms with Crippen LogP contribution in [0.1, 0.15) is 33.6 Å². The summed E-state index contributed by atoms with van der Waals surface area (Å²) in [4.78, 5) is 13.9. The van der Waals surface area contributed by atoms with Crippen LogP contribution in [0.25, 0.3) is 0 Å². The number of ether oxygens (including phenoxy) is 2. The molecule has 0 aromatic heterocycles. The second kappa shape index (κ2) is 9.00. The molecule has 0 bridgehead atoms. The molecule has 0 N–H and O–H groups in total.